The summed E-state index contributed by atoms with van der Waals surface area (Å²) < 4.78 is 9.69. The molecule has 0 radical (unpaired) electrons. The van der Waals surface area contributed by atoms with E-state index >= 15 is 0 Å². The molecular formula is C25H24N2O5. The van der Waals surface area contributed by atoms with E-state index in [0.717, 1.165) is 11.1 Å². The van der Waals surface area contributed by atoms with Gasteiger partial charge >= 0.3 is 6.16 Å². The number of amides is 2. The molecule has 0 bridgehead atoms. The van der Waals surface area contributed by atoms with E-state index in [1.54, 1.807) is 31.2 Å². The number of carbonyl (C=O) groups excluding carboxylic acids is 3. The maximum absolute atomic E-state index is 12.5. The molecule has 0 fully saturated rings. The van der Waals surface area contributed by atoms with Gasteiger partial charge in [0.2, 0.25) is 5.91 Å². The molecule has 0 spiro atoms. The van der Waals surface area contributed by atoms with E-state index in [4.69, 9.17) is 9.47 Å². The Morgan fingerprint density at radius 3 is 2.22 bits per heavy atom. The molecule has 7 nitrogen and oxygen atoms in total. The number of hydrogen-bond donors (Lipinski definition) is 2. The van der Waals surface area contributed by atoms with Gasteiger partial charge in [-0.3, -0.25) is 9.59 Å². The van der Waals surface area contributed by atoms with Crippen molar-refractivity contribution in [3.05, 3.63) is 89.5 Å². The number of hydrogen-bond acceptors (Lipinski definition) is 5. The minimum Gasteiger partial charge on any atom is -0.434 e. The zero-order valence-corrected chi connectivity index (χ0v) is 17.9. The Labute approximate surface area is 186 Å². The van der Waals surface area contributed by atoms with E-state index in [0.29, 0.717) is 16.9 Å². The van der Waals surface area contributed by atoms with Gasteiger partial charge in [0, 0.05) is 16.9 Å². The predicted octanol–water partition coefficient (Wildman–Crippen LogP) is 4.96. The van der Waals surface area contributed by atoms with Crippen molar-refractivity contribution in [3.8, 4) is 5.75 Å². The van der Waals surface area contributed by atoms with Crippen LogP contribution in [0.4, 0.5) is 16.2 Å². The van der Waals surface area contributed by atoms with Crippen LogP contribution in [0.25, 0.3) is 0 Å². The summed E-state index contributed by atoms with van der Waals surface area (Å²) in [5.41, 5.74) is 3.53. The Kier molecular flexibility index (Phi) is 7.59. The Bertz CT molecular complexity index is 1110. The zero-order valence-electron chi connectivity index (χ0n) is 17.9. The number of anilines is 2. The molecule has 0 atom stereocenters. The smallest absolute Gasteiger partial charge is 0.434 e. The van der Waals surface area contributed by atoms with Crippen LogP contribution in [0.15, 0.2) is 72.8 Å². The van der Waals surface area contributed by atoms with Gasteiger partial charge in [0.05, 0.1) is 13.0 Å². The average molecular weight is 432 g/mol. The van der Waals surface area contributed by atoms with Crippen LogP contribution in [0.1, 0.15) is 28.4 Å². The third kappa shape index (κ3) is 6.70. The monoisotopic (exact) mass is 432 g/mol. The minimum atomic E-state index is -0.800. The molecule has 0 saturated carbocycles. The zero-order chi connectivity index (χ0) is 22.9. The van der Waals surface area contributed by atoms with Gasteiger partial charge in [0.15, 0.2) is 0 Å². The molecule has 0 heterocycles. The molecule has 3 aromatic rings. The maximum Gasteiger partial charge on any atom is 0.513 e. The first-order chi connectivity index (χ1) is 15.4. The molecule has 0 unspecified atom stereocenters. The molecular weight excluding hydrogens is 408 g/mol. The minimum absolute atomic E-state index is 0.142. The first-order valence-electron chi connectivity index (χ1n) is 10.1. The van der Waals surface area contributed by atoms with Crippen molar-refractivity contribution in [2.24, 2.45) is 0 Å². The van der Waals surface area contributed by atoms with E-state index < -0.39 is 6.16 Å². The Morgan fingerprint density at radius 2 is 1.53 bits per heavy atom. The topological polar surface area (TPSA) is 93.7 Å². The fourth-order valence-corrected chi connectivity index (χ4v) is 3.01. The summed E-state index contributed by atoms with van der Waals surface area (Å²) >= 11 is 0. The van der Waals surface area contributed by atoms with Gasteiger partial charge in [-0.15, -0.1) is 0 Å². The summed E-state index contributed by atoms with van der Waals surface area (Å²) in [4.78, 5) is 36.2. The van der Waals surface area contributed by atoms with Crippen LogP contribution in [0.5, 0.6) is 5.75 Å². The number of nitrogens with one attached hydrogen (secondary N) is 2. The van der Waals surface area contributed by atoms with E-state index in [2.05, 4.69) is 10.6 Å². The molecule has 0 aromatic heterocycles. The molecule has 0 aliphatic heterocycles. The third-order valence-corrected chi connectivity index (χ3v) is 4.43. The van der Waals surface area contributed by atoms with E-state index in [-0.39, 0.29) is 30.6 Å². The lowest BCUT2D eigenvalue weighted by atomic mass is 10.1. The fourth-order valence-electron chi connectivity index (χ4n) is 3.01. The summed E-state index contributed by atoms with van der Waals surface area (Å²) in [6, 6.07) is 20.8. The highest BCUT2D eigenvalue weighted by Gasteiger charge is 2.10. The van der Waals surface area contributed by atoms with Gasteiger partial charge in [-0.1, -0.05) is 35.9 Å². The first kappa shape index (κ1) is 22.6. The molecule has 2 amide bonds. The lowest BCUT2D eigenvalue weighted by Crippen LogP contribution is -2.15. The molecule has 0 aliphatic rings. The summed E-state index contributed by atoms with van der Waals surface area (Å²) in [6.45, 7) is 3.87. The molecule has 0 aliphatic carbocycles. The molecule has 32 heavy (non-hydrogen) atoms. The van der Waals surface area contributed by atoms with Gasteiger partial charge in [-0.05, 0) is 61.9 Å². The van der Waals surface area contributed by atoms with Gasteiger partial charge < -0.3 is 20.1 Å². The number of aryl methyl sites for hydroxylation is 1. The van der Waals surface area contributed by atoms with Crippen molar-refractivity contribution in [2.75, 3.05) is 17.2 Å². The van der Waals surface area contributed by atoms with Crippen LogP contribution in [-0.4, -0.2) is 24.6 Å². The van der Waals surface area contributed by atoms with Gasteiger partial charge in [-0.25, -0.2) is 4.79 Å². The Balaban J connectivity index is 1.58. The first-order valence-corrected chi connectivity index (χ1v) is 10.1. The normalized spacial score (nSPS) is 10.2. The Morgan fingerprint density at radius 1 is 0.844 bits per heavy atom. The average Bonchev–Trinajstić information content (AvgIpc) is 2.74. The fraction of sp³-hybridized carbons (Fsp3) is 0.160. The highest BCUT2D eigenvalue weighted by atomic mass is 16.7. The van der Waals surface area contributed by atoms with Crippen molar-refractivity contribution in [2.45, 2.75) is 20.3 Å². The van der Waals surface area contributed by atoms with Crippen LogP contribution in [0.3, 0.4) is 0 Å². The van der Waals surface area contributed by atoms with Crippen molar-refractivity contribution < 1.29 is 23.9 Å². The van der Waals surface area contributed by atoms with Crippen LogP contribution in [0, 0.1) is 6.92 Å². The SMILES string of the molecule is CCOC(=O)Oc1ccc(C(=O)Nc2cccc(NC(=O)Cc3cccc(C)c3)c2)cc1. The highest BCUT2D eigenvalue weighted by molar-refractivity contribution is 6.04. The standard InChI is InChI=1S/C25H24N2O5/c1-3-31-25(30)32-22-12-10-19(11-13-22)24(29)27-21-9-5-8-20(16-21)26-23(28)15-18-7-4-6-17(2)14-18/h4-14,16H,3,15H2,1-2H3,(H,26,28)(H,27,29). The molecule has 2 N–H and O–H groups in total. The predicted molar refractivity (Wildman–Crippen MR) is 122 cm³/mol. The van der Waals surface area contributed by atoms with Gasteiger partial charge in [0.1, 0.15) is 5.75 Å². The van der Waals surface area contributed by atoms with Crippen molar-refractivity contribution in [3.63, 3.8) is 0 Å². The molecule has 3 rings (SSSR count). The van der Waals surface area contributed by atoms with Gasteiger partial charge in [-0.2, -0.15) is 0 Å². The van der Waals surface area contributed by atoms with E-state index in [1.165, 1.54) is 24.3 Å². The van der Waals surface area contributed by atoms with Crippen molar-refractivity contribution in [1.29, 1.82) is 0 Å². The number of ether oxygens (including phenoxy) is 2. The quantitative estimate of drug-likeness (QED) is 0.406. The second-order valence-electron chi connectivity index (χ2n) is 7.06. The number of carbonyl (C=O) groups is 3. The lowest BCUT2D eigenvalue weighted by Gasteiger charge is -2.10. The summed E-state index contributed by atoms with van der Waals surface area (Å²) in [5, 5.41) is 5.64. The lowest BCUT2D eigenvalue weighted by molar-refractivity contribution is -0.115. The highest BCUT2D eigenvalue weighted by Crippen LogP contribution is 2.18. The maximum atomic E-state index is 12.5. The second kappa shape index (κ2) is 10.8. The summed E-state index contributed by atoms with van der Waals surface area (Å²) in [5.74, 6) is -0.203. The van der Waals surface area contributed by atoms with E-state index in [9.17, 15) is 14.4 Å². The molecule has 0 saturated heterocycles. The summed E-state index contributed by atoms with van der Waals surface area (Å²) in [6.07, 6.45) is -0.538. The number of rotatable bonds is 7. The molecule has 3 aromatic carbocycles. The van der Waals surface area contributed by atoms with Crippen molar-refractivity contribution >= 4 is 29.3 Å². The molecule has 7 heteroatoms. The van der Waals surface area contributed by atoms with Crippen LogP contribution >= 0.6 is 0 Å². The van der Waals surface area contributed by atoms with Crippen molar-refractivity contribution in [1.82, 2.24) is 0 Å². The van der Waals surface area contributed by atoms with Crippen LogP contribution < -0.4 is 15.4 Å². The summed E-state index contributed by atoms with van der Waals surface area (Å²) in [7, 11) is 0. The molecule has 164 valence electrons. The number of benzene rings is 3. The largest absolute Gasteiger partial charge is 0.513 e. The van der Waals surface area contributed by atoms with Gasteiger partial charge in [0.25, 0.3) is 5.91 Å². The van der Waals surface area contributed by atoms with Crippen LogP contribution in [-0.2, 0) is 16.0 Å². The van der Waals surface area contributed by atoms with E-state index in [1.807, 2.05) is 31.2 Å². The third-order valence-electron chi connectivity index (χ3n) is 4.43. The van der Waals surface area contributed by atoms with Crippen LogP contribution in [0.2, 0.25) is 0 Å². The second-order valence-corrected chi connectivity index (χ2v) is 7.06. The Hall–Kier alpha value is -4.13.